The third kappa shape index (κ3) is 3.17. The van der Waals surface area contributed by atoms with Gasteiger partial charge in [0.05, 0.1) is 0 Å². The monoisotopic (exact) mass is 260 g/mol. The van der Waals surface area contributed by atoms with E-state index in [1.807, 2.05) is 29.6 Å². The first-order chi connectivity index (χ1) is 8.81. The number of hydrogen-bond acceptors (Lipinski definition) is 3. The van der Waals surface area contributed by atoms with Gasteiger partial charge in [0.1, 0.15) is 5.01 Å². The van der Waals surface area contributed by atoms with Gasteiger partial charge in [0.25, 0.3) is 5.91 Å². The summed E-state index contributed by atoms with van der Waals surface area (Å²) in [5.41, 5.74) is 1.75. The molecule has 18 heavy (non-hydrogen) atoms. The van der Waals surface area contributed by atoms with Crippen LogP contribution < -0.4 is 5.32 Å². The topological polar surface area (TPSA) is 42.0 Å². The number of nitrogens with zero attached hydrogens (tertiary/aromatic N) is 1. The highest BCUT2D eigenvalue weighted by atomic mass is 32.1. The summed E-state index contributed by atoms with van der Waals surface area (Å²) in [6.07, 6.45) is 3.89. The van der Waals surface area contributed by atoms with Gasteiger partial charge in [0, 0.05) is 29.2 Å². The van der Waals surface area contributed by atoms with Crippen molar-refractivity contribution in [2.45, 2.75) is 19.8 Å². The van der Waals surface area contributed by atoms with Crippen molar-refractivity contribution < 1.29 is 4.79 Å². The lowest BCUT2D eigenvalue weighted by atomic mass is 10.1. The lowest BCUT2D eigenvalue weighted by Gasteiger charge is -2.04. The van der Waals surface area contributed by atoms with Gasteiger partial charge in [-0.25, -0.2) is 4.98 Å². The van der Waals surface area contributed by atoms with Gasteiger partial charge in [-0.2, -0.15) is 0 Å². The van der Waals surface area contributed by atoms with E-state index in [1.165, 1.54) is 0 Å². The Morgan fingerprint density at radius 2 is 2.11 bits per heavy atom. The zero-order valence-corrected chi connectivity index (χ0v) is 11.2. The molecule has 94 valence electrons. The average molecular weight is 260 g/mol. The van der Waals surface area contributed by atoms with Crippen LogP contribution in [0.15, 0.2) is 35.8 Å². The Morgan fingerprint density at radius 3 is 2.72 bits per heavy atom. The fraction of sp³-hybridized carbons (Fsp3) is 0.286. The first-order valence-corrected chi connectivity index (χ1v) is 6.97. The normalized spacial score (nSPS) is 10.3. The lowest BCUT2D eigenvalue weighted by Crippen LogP contribution is -2.24. The molecule has 0 saturated carbocycles. The van der Waals surface area contributed by atoms with E-state index in [1.54, 1.807) is 17.5 Å². The van der Waals surface area contributed by atoms with E-state index in [9.17, 15) is 4.79 Å². The maximum Gasteiger partial charge on any atom is 0.251 e. The second-order valence-corrected chi connectivity index (χ2v) is 4.92. The van der Waals surface area contributed by atoms with Crippen molar-refractivity contribution in [3.8, 4) is 10.6 Å². The zero-order valence-electron chi connectivity index (χ0n) is 10.3. The van der Waals surface area contributed by atoms with Crippen LogP contribution in [0.3, 0.4) is 0 Å². The Bertz CT molecular complexity index is 491. The van der Waals surface area contributed by atoms with E-state index >= 15 is 0 Å². The Morgan fingerprint density at radius 1 is 1.33 bits per heavy atom. The van der Waals surface area contributed by atoms with Gasteiger partial charge in [-0.15, -0.1) is 11.3 Å². The quantitative estimate of drug-likeness (QED) is 0.838. The Hall–Kier alpha value is -1.68. The summed E-state index contributed by atoms with van der Waals surface area (Å²) in [7, 11) is 0. The minimum absolute atomic E-state index is 0.00543. The highest BCUT2D eigenvalue weighted by Crippen LogP contribution is 2.21. The summed E-state index contributed by atoms with van der Waals surface area (Å²) in [4.78, 5) is 16.0. The van der Waals surface area contributed by atoms with Crippen molar-refractivity contribution in [3.05, 3.63) is 41.4 Å². The molecule has 3 nitrogen and oxygen atoms in total. The SMILES string of the molecule is CCCCNC(=O)c1ccc(-c2nccs2)cc1. The van der Waals surface area contributed by atoms with Crippen molar-refractivity contribution in [1.29, 1.82) is 0 Å². The van der Waals surface area contributed by atoms with Gasteiger partial charge in [0.15, 0.2) is 0 Å². The van der Waals surface area contributed by atoms with Crippen molar-refractivity contribution in [3.63, 3.8) is 0 Å². The van der Waals surface area contributed by atoms with E-state index in [-0.39, 0.29) is 5.91 Å². The van der Waals surface area contributed by atoms with Crippen LogP contribution in [0.1, 0.15) is 30.1 Å². The molecular formula is C14H16N2OS. The number of amides is 1. The van der Waals surface area contributed by atoms with Crippen LogP contribution in [0.5, 0.6) is 0 Å². The van der Waals surface area contributed by atoms with Crippen molar-refractivity contribution >= 4 is 17.2 Å². The average Bonchev–Trinajstić information content (AvgIpc) is 2.93. The number of nitrogens with one attached hydrogen (secondary N) is 1. The maximum atomic E-state index is 11.8. The Labute approximate surface area is 111 Å². The van der Waals surface area contributed by atoms with Gasteiger partial charge in [-0.3, -0.25) is 4.79 Å². The molecule has 1 N–H and O–H groups in total. The molecule has 0 aliphatic heterocycles. The Kier molecular flexibility index (Phi) is 4.47. The van der Waals surface area contributed by atoms with Gasteiger partial charge in [0.2, 0.25) is 0 Å². The molecule has 0 saturated heterocycles. The molecule has 0 unspecified atom stereocenters. The molecule has 1 amide bonds. The molecule has 1 heterocycles. The minimum Gasteiger partial charge on any atom is -0.352 e. The molecule has 0 bridgehead atoms. The highest BCUT2D eigenvalue weighted by Gasteiger charge is 2.05. The van der Waals surface area contributed by atoms with E-state index in [4.69, 9.17) is 0 Å². The second-order valence-electron chi connectivity index (χ2n) is 4.02. The maximum absolute atomic E-state index is 11.8. The minimum atomic E-state index is -0.00543. The largest absolute Gasteiger partial charge is 0.352 e. The molecular weight excluding hydrogens is 244 g/mol. The number of thiazole rings is 1. The van der Waals surface area contributed by atoms with Crippen molar-refractivity contribution in [2.75, 3.05) is 6.54 Å². The lowest BCUT2D eigenvalue weighted by molar-refractivity contribution is 0.0953. The first kappa shape index (κ1) is 12.8. The van der Waals surface area contributed by atoms with Crippen LogP contribution in [0.25, 0.3) is 10.6 Å². The predicted octanol–water partition coefficient (Wildman–Crippen LogP) is 3.34. The predicted molar refractivity (Wildman–Crippen MR) is 74.8 cm³/mol. The summed E-state index contributed by atoms with van der Waals surface area (Å²) in [6, 6.07) is 7.57. The van der Waals surface area contributed by atoms with Crippen LogP contribution in [-0.4, -0.2) is 17.4 Å². The van der Waals surface area contributed by atoms with Gasteiger partial charge >= 0.3 is 0 Å². The van der Waals surface area contributed by atoms with Crippen LogP contribution >= 0.6 is 11.3 Å². The molecule has 0 fully saturated rings. The van der Waals surface area contributed by atoms with E-state index in [0.29, 0.717) is 5.56 Å². The number of benzene rings is 1. The summed E-state index contributed by atoms with van der Waals surface area (Å²) < 4.78 is 0. The van der Waals surface area contributed by atoms with Crippen molar-refractivity contribution in [1.82, 2.24) is 10.3 Å². The fourth-order valence-electron chi connectivity index (χ4n) is 1.61. The Balaban J connectivity index is 2.01. The highest BCUT2D eigenvalue weighted by molar-refractivity contribution is 7.13. The number of aromatic nitrogens is 1. The molecule has 0 aliphatic rings. The number of rotatable bonds is 5. The summed E-state index contributed by atoms with van der Waals surface area (Å²) in [5.74, 6) is -0.00543. The molecule has 2 aromatic rings. The third-order valence-electron chi connectivity index (χ3n) is 2.64. The van der Waals surface area contributed by atoms with Gasteiger partial charge in [-0.05, 0) is 18.6 Å². The summed E-state index contributed by atoms with van der Waals surface area (Å²) in [5, 5.41) is 5.83. The number of hydrogen-bond donors (Lipinski definition) is 1. The molecule has 0 spiro atoms. The third-order valence-corrected chi connectivity index (χ3v) is 3.46. The molecule has 4 heteroatoms. The van der Waals surface area contributed by atoms with Crippen LogP contribution in [0.2, 0.25) is 0 Å². The second kappa shape index (κ2) is 6.31. The zero-order chi connectivity index (χ0) is 12.8. The van der Waals surface area contributed by atoms with E-state index in [2.05, 4.69) is 17.2 Å². The molecule has 2 rings (SSSR count). The van der Waals surface area contributed by atoms with Gasteiger partial charge in [-0.1, -0.05) is 25.5 Å². The molecule has 0 atom stereocenters. The van der Waals surface area contributed by atoms with E-state index in [0.717, 1.165) is 30.0 Å². The van der Waals surface area contributed by atoms with Gasteiger partial charge < -0.3 is 5.32 Å². The van der Waals surface area contributed by atoms with Crippen LogP contribution in [-0.2, 0) is 0 Å². The summed E-state index contributed by atoms with van der Waals surface area (Å²) >= 11 is 1.60. The molecule has 0 aliphatic carbocycles. The molecule has 0 radical (unpaired) electrons. The molecule has 1 aromatic heterocycles. The number of unbranched alkanes of at least 4 members (excludes halogenated alkanes) is 1. The first-order valence-electron chi connectivity index (χ1n) is 6.09. The van der Waals surface area contributed by atoms with E-state index < -0.39 is 0 Å². The smallest absolute Gasteiger partial charge is 0.251 e. The summed E-state index contributed by atoms with van der Waals surface area (Å²) in [6.45, 7) is 2.85. The standard InChI is InChI=1S/C14H16N2OS/c1-2-3-8-15-13(17)11-4-6-12(7-5-11)14-16-9-10-18-14/h4-7,9-10H,2-3,8H2,1H3,(H,15,17). The number of carbonyl (C=O) groups excluding carboxylic acids is 1. The molecule has 1 aromatic carbocycles. The fourth-order valence-corrected chi connectivity index (χ4v) is 2.26. The van der Waals surface area contributed by atoms with Crippen LogP contribution in [0, 0.1) is 0 Å². The number of carbonyl (C=O) groups is 1. The van der Waals surface area contributed by atoms with Crippen LogP contribution in [0.4, 0.5) is 0 Å². The van der Waals surface area contributed by atoms with Crippen molar-refractivity contribution in [2.24, 2.45) is 0 Å².